The Morgan fingerprint density at radius 1 is 1.30 bits per heavy atom. The minimum atomic E-state index is -0.933. The molecule has 0 saturated heterocycles. The van der Waals surface area contributed by atoms with Gasteiger partial charge in [0.1, 0.15) is 5.75 Å². The van der Waals surface area contributed by atoms with Crippen LogP contribution < -0.4 is 4.74 Å². The highest BCUT2D eigenvalue weighted by atomic mass is 16.5. The molecule has 104 valence electrons. The Bertz CT molecular complexity index is 626. The quantitative estimate of drug-likeness (QED) is 0.904. The van der Waals surface area contributed by atoms with Crippen LogP contribution in [-0.2, 0) is 17.6 Å². The average molecular weight is 272 g/mol. The molecule has 1 aromatic heterocycles. The smallest absolute Gasteiger partial charge is 0.309 e. The molecular formula is C15H16N2O3. The highest BCUT2D eigenvalue weighted by Gasteiger charge is 2.15. The van der Waals surface area contributed by atoms with Crippen LogP contribution in [0.2, 0.25) is 0 Å². The number of aliphatic carboxylic acids is 1. The Morgan fingerprint density at radius 3 is 2.70 bits per heavy atom. The lowest BCUT2D eigenvalue weighted by Gasteiger charge is -2.12. The van der Waals surface area contributed by atoms with Crippen LogP contribution in [0.5, 0.6) is 5.75 Å². The van der Waals surface area contributed by atoms with Gasteiger partial charge in [-0.2, -0.15) is 0 Å². The van der Waals surface area contributed by atoms with Crippen molar-refractivity contribution in [1.29, 1.82) is 0 Å². The molecule has 0 saturated carbocycles. The monoisotopic (exact) mass is 272 g/mol. The van der Waals surface area contributed by atoms with Crippen LogP contribution in [0.4, 0.5) is 0 Å². The summed E-state index contributed by atoms with van der Waals surface area (Å²) in [6, 6.07) is 5.82. The number of rotatable bonds is 5. The number of methoxy groups -OCH3 is 1. The van der Waals surface area contributed by atoms with E-state index in [1.807, 2.05) is 18.2 Å². The summed E-state index contributed by atoms with van der Waals surface area (Å²) in [5.41, 5.74) is 2.90. The highest BCUT2D eigenvalue weighted by molar-refractivity contribution is 5.76. The van der Waals surface area contributed by atoms with E-state index in [2.05, 4.69) is 16.9 Å². The second-order valence-corrected chi connectivity index (χ2v) is 4.31. The zero-order valence-corrected chi connectivity index (χ0v) is 11.5. The van der Waals surface area contributed by atoms with Gasteiger partial charge in [0, 0.05) is 18.0 Å². The van der Waals surface area contributed by atoms with Gasteiger partial charge in [-0.25, -0.2) is 0 Å². The summed E-state index contributed by atoms with van der Waals surface area (Å²) >= 11 is 0. The SMILES string of the molecule is CCc1ccc(OC)c(-c2nccnc2CC(=O)O)c1. The second-order valence-electron chi connectivity index (χ2n) is 4.31. The molecule has 0 amide bonds. The van der Waals surface area contributed by atoms with E-state index < -0.39 is 5.97 Å². The number of ether oxygens (including phenoxy) is 1. The van der Waals surface area contributed by atoms with Gasteiger partial charge >= 0.3 is 5.97 Å². The van der Waals surface area contributed by atoms with Crippen molar-refractivity contribution in [2.75, 3.05) is 7.11 Å². The first kappa shape index (κ1) is 14.0. The maximum Gasteiger partial charge on any atom is 0.309 e. The van der Waals surface area contributed by atoms with Gasteiger partial charge in [0.2, 0.25) is 0 Å². The lowest BCUT2D eigenvalue weighted by atomic mass is 10.0. The Morgan fingerprint density at radius 2 is 2.05 bits per heavy atom. The minimum Gasteiger partial charge on any atom is -0.496 e. The fourth-order valence-corrected chi connectivity index (χ4v) is 2.02. The van der Waals surface area contributed by atoms with Crippen LogP contribution in [0.25, 0.3) is 11.3 Å². The summed E-state index contributed by atoms with van der Waals surface area (Å²) in [7, 11) is 1.58. The van der Waals surface area contributed by atoms with E-state index in [-0.39, 0.29) is 6.42 Å². The van der Waals surface area contributed by atoms with Crippen LogP contribution in [-0.4, -0.2) is 28.2 Å². The van der Waals surface area contributed by atoms with Gasteiger partial charge in [-0.05, 0) is 24.1 Å². The Hall–Kier alpha value is -2.43. The highest BCUT2D eigenvalue weighted by Crippen LogP contribution is 2.31. The maximum absolute atomic E-state index is 10.9. The Balaban J connectivity index is 2.57. The average Bonchev–Trinajstić information content (AvgIpc) is 2.46. The fraction of sp³-hybridized carbons (Fsp3) is 0.267. The van der Waals surface area contributed by atoms with Gasteiger partial charge in [-0.3, -0.25) is 14.8 Å². The largest absolute Gasteiger partial charge is 0.496 e. The molecule has 2 aromatic rings. The van der Waals surface area contributed by atoms with Gasteiger partial charge in [0.05, 0.1) is 24.9 Å². The van der Waals surface area contributed by atoms with E-state index in [0.29, 0.717) is 17.1 Å². The summed E-state index contributed by atoms with van der Waals surface area (Å²) in [6.07, 6.45) is 3.77. The molecule has 2 rings (SSSR count). The number of hydrogen-bond acceptors (Lipinski definition) is 4. The molecule has 0 fully saturated rings. The van der Waals surface area contributed by atoms with E-state index in [0.717, 1.165) is 17.5 Å². The lowest BCUT2D eigenvalue weighted by molar-refractivity contribution is -0.136. The van der Waals surface area contributed by atoms with Gasteiger partial charge in [0.15, 0.2) is 0 Å². The van der Waals surface area contributed by atoms with Crippen molar-refractivity contribution in [3.05, 3.63) is 41.9 Å². The molecule has 0 spiro atoms. The molecule has 0 radical (unpaired) electrons. The number of benzene rings is 1. The molecular weight excluding hydrogens is 256 g/mol. The number of carboxylic acid groups (broad SMARTS) is 1. The first-order valence-corrected chi connectivity index (χ1v) is 6.34. The van der Waals surface area contributed by atoms with E-state index in [1.165, 1.54) is 6.20 Å². The van der Waals surface area contributed by atoms with E-state index in [1.54, 1.807) is 13.3 Å². The predicted molar refractivity (Wildman–Crippen MR) is 74.7 cm³/mol. The zero-order valence-electron chi connectivity index (χ0n) is 11.5. The van der Waals surface area contributed by atoms with Crippen LogP contribution >= 0.6 is 0 Å². The normalized spacial score (nSPS) is 10.3. The van der Waals surface area contributed by atoms with Crippen LogP contribution in [0.15, 0.2) is 30.6 Å². The number of hydrogen-bond donors (Lipinski definition) is 1. The Labute approximate surface area is 117 Å². The van der Waals surface area contributed by atoms with Crippen molar-refractivity contribution < 1.29 is 14.6 Å². The van der Waals surface area contributed by atoms with Crippen molar-refractivity contribution in [1.82, 2.24) is 9.97 Å². The van der Waals surface area contributed by atoms with Crippen molar-refractivity contribution in [2.45, 2.75) is 19.8 Å². The number of carbonyl (C=O) groups is 1. The number of aromatic nitrogens is 2. The number of aryl methyl sites for hydroxylation is 1. The first-order chi connectivity index (χ1) is 9.65. The summed E-state index contributed by atoms with van der Waals surface area (Å²) in [6.45, 7) is 2.06. The molecule has 0 aliphatic heterocycles. The Kier molecular flexibility index (Phi) is 4.30. The molecule has 1 N–H and O–H groups in total. The fourth-order valence-electron chi connectivity index (χ4n) is 2.02. The summed E-state index contributed by atoms with van der Waals surface area (Å²) < 4.78 is 5.34. The van der Waals surface area contributed by atoms with Crippen molar-refractivity contribution in [2.24, 2.45) is 0 Å². The number of carboxylic acids is 1. The van der Waals surface area contributed by atoms with E-state index in [4.69, 9.17) is 9.84 Å². The van der Waals surface area contributed by atoms with Gasteiger partial charge in [-0.1, -0.05) is 13.0 Å². The molecule has 5 heteroatoms. The third-order valence-electron chi connectivity index (χ3n) is 3.02. The third-order valence-corrected chi connectivity index (χ3v) is 3.02. The third kappa shape index (κ3) is 2.93. The lowest BCUT2D eigenvalue weighted by Crippen LogP contribution is -2.06. The molecule has 0 bridgehead atoms. The topological polar surface area (TPSA) is 72.3 Å². The second kappa shape index (κ2) is 6.14. The molecule has 20 heavy (non-hydrogen) atoms. The van der Waals surface area contributed by atoms with Gasteiger partial charge in [0.25, 0.3) is 0 Å². The number of nitrogens with zero attached hydrogens (tertiary/aromatic N) is 2. The standard InChI is InChI=1S/C15H16N2O3/c1-3-10-4-5-13(20-2)11(8-10)15-12(9-14(18)19)16-6-7-17-15/h4-8H,3,9H2,1-2H3,(H,18,19). The molecule has 0 aliphatic rings. The minimum absolute atomic E-state index is 0.164. The molecule has 1 heterocycles. The molecule has 0 aliphatic carbocycles. The van der Waals surface area contributed by atoms with Gasteiger partial charge in [-0.15, -0.1) is 0 Å². The zero-order chi connectivity index (χ0) is 14.5. The summed E-state index contributed by atoms with van der Waals surface area (Å²) in [5.74, 6) is -0.272. The molecule has 5 nitrogen and oxygen atoms in total. The van der Waals surface area contributed by atoms with Crippen molar-refractivity contribution >= 4 is 5.97 Å². The van der Waals surface area contributed by atoms with E-state index >= 15 is 0 Å². The van der Waals surface area contributed by atoms with Gasteiger partial charge < -0.3 is 9.84 Å². The van der Waals surface area contributed by atoms with Crippen LogP contribution in [0.1, 0.15) is 18.2 Å². The molecule has 0 atom stereocenters. The van der Waals surface area contributed by atoms with Crippen LogP contribution in [0.3, 0.4) is 0 Å². The van der Waals surface area contributed by atoms with Crippen molar-refractivity contribution in [3.8, 4) is 17.0 Å². The van der Waals surface area contributed by atoms with Crippen molar-refractivity contribution in [3.63, 3.8) is 0 Å². The van der Waals surface area contributed by atoms with Crippen LogP contribution in [0, 0.1) is 0 Å². The maximum atomic E-state index is 10.9. The van der Waals surface area contributed by atoms with E-state index in [9.17, 15) is 4.79 Å². The summed E-state index contributed by atoms with van der Waals surface area (Å²) in [4.78, 5) is 19.3. The molecule has 0 unspecified atom stereocenters. The first-order valence-electron chi connectivity index (χ1n) is 6.34. The summed E-state index contributed by atoms with van der Waals surface area (Å²) in [5, 5.41) is 8.97. The predicted octanol–water partition coefficient (Wildman–Crippen LogP) is 2.34. The molecule has 1 aromatic carbocycles.